The van der Waals surface area contributed by atoms with Crippen molar-refractivity contribution >= 4 is 30.2 Å². The van der Waals surface area contributed by atoms with E-state index in [2.05, 4.69) is 59.0 Å². The number of benzene rings is 2. The van der Waals surface area contributed by atoms with Gasteiger partial charge in [0, 0.05) is 35.9 Å². The maximum atomic E-state index is 5.42. The van der Waals surface area contributed by atoms with E-state index in [-0.39, 0.29) is 5.50 Å². The van der Waals surface area contributed by atoms with E-state index in [4.69, 9.17) is 9.73 Å². The van der Waals surface area contributed by atoms with Crippen LogP contribution in [0.1, 0.15) is 0 Å². The smallest absolute Gasteiger partial charge is 0.170 e. The van der Waals surface area contributed by atoms with E-state index in [1.54, 1.807) is 0 Å². The summed E-state index contributed by atoms with van der Waals surface area (Å²) < 4.78 is 5.42. The van der Waals surface area contributed by atoms with Crippen molar-refractivity contribution in [3.8, 4) is 0 Å². The molecule has 2 aliphatic rings. The van der Waals surface area contributed by atoms with Crippen LogP contribution < -0.4 is 20.4 Å². The van der Waals surface area contributed by atoms with Crippen molar-refractivity contribution in [3.05, 3.63) is 59.1 Å². The monoisotopic (exact) mass is 325 g/mol. The van der Waals surface area contributed by atoms with Crippen molar-refractivity contribution in [2.75, 3.05) is 36.1 Å². The van der Waals surface area contributed by atoms with Crippen molar-refractivity contribution < 1.29 is 4.74 Å². The van der Waals surface area contributed by atoms with Crippen LogP contribution in [0, 0.1) is 0 Å². The van der Waals surface area contributed by atoms with Crippen molar-refractivity contribution in [3.63, 3.8) is 0 Å². The lowest BCUT2D eigenvalue weighted by atomic mass is 10.2. The summed E-state index contributed by atoms with van der Waals surface area (Å²) in [5, 5.41) is 2.12. The Bertz CT molecular complexity index is 803. The average molecular weight is 325 g/mol. The third-order valence-electron chi connectivity index (χ3n) is 4.23. The molecule has 0 aromatic heterocycles. The van der Waals surface area contributed by atoms with Crippen molar-refractivity contribution in [1.29, 1.82) is 0 Å². The largest absolute Gasteiger partial charge is 0.378 e. The number of anilines is 2. The quantitative estimate of drug-likeness (QED) is 0.851. The maximum Gasteiger partial charge on any atom is 0.170 e. The Morgan fingerprint density at radius 2 is 1.78 bits per heavy atom. The van der Waals surface area contributed by atoms with Gasteiger partial charge in [-0.2, -0.15) is 0 Å². The van der Waals surface area contributed by atoms with Gasteiger partial charge in [0.15, 0.2) is 5.50 Å². The van der Waals surface area contributed by atoms with Gasteiger partial charge in [-0.1, -0.05) is 18.2 Å². The number of thiol groups is 1. The molecular weight excluding hydrogens is 306 g/mol. The summed E-state index contributed by atoms with van der Waals surface area (Å²) in [6.45, 7) is 3.44. The molecule has 2 aromatic carbocycles. The van der Waals surface area contributed by atoms with E-state index in [1.165, 1.54) is 5.69 Å². The number of hydrogen-bond donors (Lipinski definition) is 1. The first-order valence-corrected chi connectivity index (χ1v) is 8.37. The highest BCUT2D eigenvalue weighted by Gasteiger charge is 2.16. The summed E-state index contributed by atoms with van der Waals surface area (Å²) in [5.41, 5.74) is 2.10. The Balaban J connectivity index is 1.70. The Labute approximate surface area is 141 Å². The van der Waals surface area contributed by atoms with E-state index in [0.717, 1.165) is 42.6 Å². The van der Waals surface area contributed by atoms with Crippen molar-refractivity contribution in [2.45, 2.75) is 5.50 Å². The molecule has 4 nitrogen and oxygen atoms in total. The van der Waals surface area contributed by atoms with Gasteiger partial charge < -0.3 is 14.5 Å². The van der Waals surface area contributed by atoms with Crippen LogP contribution in [0.15, 0.2) is 53.5 Å². The maximum absolute atomic E-state index is 5.42. The zero-order valence-corrected chi connectivity index (χ0v) is 13.7. The molecular formula is C18H19N3OS. The molecule has 0 spiro atoms. The molecule has 1 saturated heterocycles. The van der Waals surface area contributed by atoms with Gasteiger partial charge >= 0.3 is 0 Å². The second-order valence-corrected chi connectivity index (χ2v) is 6.15. The fourth-order valence-electron chi connectivity index (χ4n) is 2.98. The first-order valence-electron chi connectivity index (χ1n) is 7.85. The summed E-state index contributed by atoms with van der Waals surface area (Å²) in [6, 6.07) is 16.7. The predicted molar refractivity (Wildman–Crippen MR) is 96.4 cm³/mol. The number of morpholine rings is 1. The van der Waals surface area contributed by atoms with E-state index in [9.17, 15) is 0 Å². The first-order chi connectivity index (χ1) is 11.3. The number of fused-ring (bicyclic) bond motifs is 1. The van der Waals surface area contributed by atoms with Gasteiger partial charge in [0.1, 0.15) is 0 Å². The molecule has 0 amide bonds. The molecule has 0 aliphatic carbocycles. The van der Waals surface area contributed by atoms with Crippen LogP contribution in [0.25, 0.3) is 6.20 Å². The molecule has 118 valence electrons. The average Bonchev–Trinajstić information content (AvgIpc) is 2.62. The van der Waals surface area contributed by atoms with E-state index >= 15 is 0 Å². The van der Waals surface area contributed by atoms with Crippen LogP contribution in [-0.2, 0) is 4.74 Å². The van der Waals surface area contributed by atoms with Crippen LogP contribution in [0.2, 0.25) is 0 Å². The second kappa shape index (κ2) is 6.26. The van der Waals surface area contributed by atoms with Gasteiger partial charge in [0.2, 0.25) is 0 Å². The number of ether oxygens (including phenoxy) is 1. The number of rotatable bonds is 2. The summed E-state index contributed by atoms with van der Waals surface area (Å²) in [4.78, 5) is 9.19. The van der Waals surface area contributed by atoms with Crippen molar-refractivity contribution in [2.24, 2.45) is 4.99 Å². The summed E-state index contributed by atoms with van der Waals surface area (Å²) in [5.74, 6) is 0. The highest BCUT2D eigenvalue weighted by molar-refractivity contribution is 7.81. The summed E-state index contributed by atoms with van der Waals surface area (Å²) in [6.07, 6.45) is 2.12. The Morgan fingerprint density at radius 1 is 1.00 bits per heavy atom. The number of nitrogens with zero attached hydrogens (tertiary/aromatic N) is 3. The molecule has 1 atom stereocenters. The molecule has 0 bridgehead atoms. The van der Waals surface area contributed by atoms with Gasteiger partial charge in [0.25, 0.3) is 0 Å². The third kappa shape index (κ3) is 2.94. The number of hydrogen-bond acceptors (Lipinski definition) is 5. The minimum atomic E-state index is -0.204. The SMILES string of the molecule is SC1N=c2cc(N3CCOCC3)ccc2=CN1c1ccccc1. The minimum absolute atomic E-state index is 0.204. The molecule has 2 heterocycles. The van der Waals surface area contributed by atoms with Gasteiger partial charge in [-0.05, 0) is 30.3 Å². The summed E-state index contributed by atoms with van der Waals surface area (Å²) >= 11 is 4.65. The molecule has 4 rings (SSSR count). The van der Waals surface area contributed by atoms with Crippen LogP contribution in [-0.4, -0.2) is 31.8 Å². The van der Waals surface area contributed by atoms with E-state index < -0.39 is 0 Å². The highest BCUT2D eigenvalue weighted by Crippen LogP contribution is 2.21. The van der Waals surface area contributed by atoms with Gasteiger partial charge in [0.05, 0.1) is 18.6 Å². The lowest BCUT2D eigenvalue weighted by Gasteiger charge is -2.30. The van der Waals surface area contributed by atoms with Gasteiger partial charge in [-0.25, -0.2) is 4.99 Å². The standard InChI is InChI=1S/C18H19N3OS/c23-18-19-17-12-16(20-8-10-22-11-9-20)7-6-14(17)13-21(18)15-4-2-1-3-5-15/h1-7,12-13,18,23H,8-11H2. The van der Waals surface area contributed by atoms with Crippen molar-refractivity contribution in [1.82, 2.24) is 0 Å². The lowest BCUT2D eigenvalue weighted by Crippen LogP contribution is -2.41. The molecule has 1 unspecified atom stereocenters. The lowest BCUT2D eigenvalue weighted by molar-refractivity contribution is 0.122. The molecule has 2 aliphatic heterocycles. The molecule has 0 N–H and O–H groups in total. The molecule has 0 saturated carbocycles. The predicted octanol–water partition coefficient (Wildman–Crippen LogP) is 1.61. The zero-order chi connectivity index (χ0) is 15.6. The van der Waals surface area contributed by atoms with Gasteiger partial charge in [-0.15, -0.1) is 12.6 Å². The molecule has 5 heteroatoms. The molecule has 23 heavy (non-hydrogen) atoms. The molecule has 2 aromatic rings. The second-order valence-electron chi connectivity index (χ2n) is 5.69. The van der Waals surface area contributed by atoms with Crippen LogP contribution in [0.5, 0.6) is 0 Å². The first kappa shape index (κ1) is 14.6. The van der Waals surface area contributed by atoms with E-state index in [0.29, 0.717) is 0 Å². The third-order valence-corrected chi connectivity index (χ3v) is 4.59. The molecule has 1 fully saturated rings. The van der Waals surface area contributed by atoms with Crippen LogP contribution >= 0.6 is 12.6 Å². The molecule has 0 radical (unpaired) electrons. The number of para-hydroxylation sites is 1. The Kier molecular flexibility index (Phi) is 3.97. The Hall–Kier alpha value is -1.98. The fraction of sp³-hybridized carbons (Fsp3) is 0.278. The topological polar surface area (TPSA) is 28.1 Å². The van der Waals surface area contributed by atoms with Crippen LogP contribution in [0.4, 0.5) is 11.4 Å². The fourth-order valence-corrected chi connectivity index (χ4v) is 3.31. The van der Waals surface area contributed by atoms with Crippen LogP contribution in [0.3, 0.4) is 0 Å². The minimum Gasteiger partial charge on any atom is -0.378 e. The highest BCUT2D eigenvalue weighted by atomic mass is 32.1. The Morgan fingerprint density at radius 3 is 2.57 bits per heavy atom. The van der Waals surface area contributed by atoms with E-state index in [1.807, 2.05) is 18.2 Å². The summed E-state index contributed by atoms with van der Waals surface area (Å²) in [7, 11) is 0. The van der Waals surface area contributed by atoms with Gasteiger partial charge in [-0.3, -0.25) is 0 Å². The normalized spacial score (nSPS) is 20.5. The zero-order valence-electron chi connectivity index (χ0n) is 12.8.